The van der Waals surface area contributed by atoms with Gasteiger partial charge in [0.1, 0.15) is 6.04 Å². The summed E-state index contributed by atoms with van der Waals surface area (Å²) in [6, 6.07) is 18.4. The topological polar surface area (TPSA) is 58.2 Å². The molecule has 3 rings (SSSR count). The van der Waals surface area contributed by atoms with Gasteiger partial charge in [0, 0.05) is 12.1 Å². The minimum atomic E-state index is -0.665. The van der Waals surface area contributed by atoms with Gasteiger partial charge in [0.25, 0.3) is 5.91 Å². The predicted molar refractivity (Wildman–Crippen MR) is 110 cm³/mol. The van der Waals surface area contributed by atoms with Gasteiger partial charge in [-0.05, 0) is 48.1 Å². The van der Waals surface area contributed by atoms with Crippen molar-refractivity contribution in [1.29, 1.82) is 0 Å². The van der Waals surface area contributed by atoms with Gasteiger partial charge in [-0.25, -0.2) is 0 Å². The van der Waals surface area contributed by atoms with Gasteiger partial charge in [0.2, 0.25) is 5.91 Å². The predicted octanol–water partition coefficient (Wildman–Crippen LogP) is 4.34. The van der Waals surface area contributed by atoms with Gasteiger partial charge >= 0.3 is 0 Å². The number of carbonyl (C=O) groups is 2. The zero-order valence-electron chi connectivity index (χ0n) is 15.4. The molecule has 0 fully saturated rings. The van der Waals surface area contributed by atoms with E-state index in [0.29, 0.717) is 11.3 Å². The van der Waals surface area contributed by atoms with Crippen LogP contribution in [0.1, 0.15) is 26.4 Å². The van der Waals surface area contributed by atoms with Gasteiger partial charge in [0.05, 0.1) is 4.88 Å². The Morgan fingerprint density at radius 1 is 0.963 bits per heavy atom. The first-order valence-electron chi connectivity index (χ1n) is 8.80. The summed E-state index contributed by atoms with van der Waals surface area (Å²) >= 11 is 1.36. The molecule has 0 aliphatic rings. The van der Waals surface area contributed by atoms with Crippen LogP contribution in [0, 0.1) is 13.8 Å². The number of thiophene rings is 1. The number of carbonyl (C=O) groups excluding carboxylic acids is 2. The SMILES string of the molecule is Cc1cccc(NC(=O)C(Cc2ccccc2)NC(=O)c2cccs2)c1C. The molecule has 0 radical (unpaired) electrons. The Bertz CT molecular complexity index is 921. The van der Waals surface area contributed by atoms with Gasteiger partial charge in [-0.1, -0.05) is 48.5 Å². The lowest BCUT2D eigenvalue weighted by atomic mass is 10.0. The van der Waals surface area contributed by atoms with Crippen molar-refractivity contribution in [1.82, 2.24) is 5.32 Å². The number of hydrogen-bond acceptors (Lipinski definition) is 3. The molecule has 5 heteroatoms. The molecule has 0 aliphatic carbocycles. The van der Waals surface area contributed by atoms with E-state index >= 15 is 0 Å². The third-order valence-corrected chi connectivity index (χ3v) is 5.38. The van der Waals surface area contributed by atoms with Gasteiger partial charge in [0.15, 0.2) is 0 Å². The fourth-order valence-electron chi connectivity index (χ4n) is 2.80. The lowest BCUT2D eigenvalue weighted by Gasteiger charge is -2.19. The molecule has 0 saturated carbocycles. The maximum absolute atomic E-state index is 13.0. The smallest absolute Gasteiger partial charge is 0.262 e. The highest BCUT2D eigenvalue weighted by Gasteiger charge is 2.23. The first-order valence-corrected chi connectivity index (χ1v) is 9.68. The zero-order chi connectivity index (χ0) is 19.2. The average Bonchev–Trinajstić information content (AvgIpc) is 3.20. The standard InChI is InChI=1S/C22H22N2O2S/c1-15-8-6-11-18(16(15)2)23-21(25)19(14-17-9-4-3-5-10-17)24-22(26)20-12-7-13-27-20/h3-13,19H,14H2,1-2H3,(H,23,25)(H,24,26). The third kappa shape index (κ3) is 4.83. The monoisotopic (exact) mass is 378 g/mol. The highest BCUT2D eigenvalue weighted by Crippen LogP contribution is 2.19. The summed E-state index contributed by atoms with van der Waals surface area (Å²) in [6.45, 7) is 3.98. The number of benzene rings is 2. The van der Waals surface area contributed by atoms with Gasteiger partial charge in [-0.3, -0.25) is 9.59 Å². The Hall–Kier alpha value is -2.92. The van der Waals surface area contributed by atoms with E-state index in [4.69, 9.17) is 0 Å². The highest BCUT2D eigenvalue weighted by molar-refractivity contribution is 7.12. The molecule has 27 heavy (non-hydrogen) atoms. The van der Waals surface area contributed by atoms with Crippen molar-refractivity contribution in [3.63, 3.8) is 0 Å². The molecule has 0 spiro atoms. The number of nitrogens with one attached hydrogen (secondary N) is 2. The Morgan fingerprint density at radius 2 is 1.74 bits per heavy atom. The van der Waals surface area contributed by atoms with Crippen LogP contribution in [-0.2, 0) is 11.2 Å². The quantitative estimate of drug-likeness (QED) is 0.670. The molecule has 3 aromatic rings. The third-order valence-electron chi connectivity index (χ3n) is 4.51. The van der Waals surface area contributed by atoms with Crippen molar-refractivity contribution >= 4 is 28.8 Å². The minimum absolute atomic E-state index is 0.225. The molecule has 138 valence electrons. The Morgan fingerprint density at radius 3 is 2.44 bits per heavy atom. The molecule has 2 N–H and O–H groups in total. The number of amides is 2. The fourth-order valence-corrected chi connectivity index (χ4v) is 3.43. The van der Waals surface area contributed by atoms with Crippen LogP contribution >= 0.6 is 11.3 Å². The molecule has 2 aromatic carbocycles. The number of anilines is 1. The first-order chi connectivity index (χ1) is 13.0. The summed E-state index contributed by atoms with van der Waals surface area (Å²) < 4.78 is 0. The Kier molecular flexibility index (Phi) is 6.04. The highest BCUT2D eigenvalue weighted by atomic mass is 32.1. The lowest BCUT2D eigenvalue weighted by molar-refractivity contribution is -0.118. The fraction of sp³-hybridized carbons (Fsp3) is 0.182. The lowest BCUT2D eigenvalue weighted by Crippen LogP contribution is -2.45. The number of hydrogen-bond donors (Lipinski definition) is 2. The second-order valence-electron chi connectivity index (χ2n) is 6.43. The van der Waals surface area contributed by atoms with Gasteiger partial charge in [-0.15, -0.1) is 11.3 Å². The van der Waals surface area contributed by atoms with E-state index in [1.807, 2.05) is 73.8 Å². The zero-order valence-corrected chi connectivity index (χ0v) is 16.2. The van der Waals surface area contributed by atoms with Crippen LogP contribution < -0.4 is 10.6 Å². The Labute approximate surface area is 163 Å². The van der Waals surface area contributed by atoms with Crippen molar-refractivity contribution < 1.29 is 9.59 Å². The van der Waals surface area contributed by atoms with Crippen molar-refractivity contribution in [2.75, 3.05) is 5.32 Å². The van der Waals surface area contributed by atoms with Crippen LogP contribution in [0.25, 0.3) is 0 Å². The second-order valence-corrected chi connectivity index (χ2v) is 7.38. The van der Waals surface area contributed by atoms with Crippen LogP contribution in [0.5, 0.6) is 0 Å². The minimum Gasteiger partial charge on any atom is -0.339 e. The van der Waals surface area contributed by atoms with Gasteiger partial charge in [-0.2, -0.15) is 0 Å². The average molecular weight is 378 g/mol. The maximum atomic E-state index is 13.0. The summed E-state index contributed by atoms with van der Waals surface area (Å²) in [6.07, 6.45) is 0.425. The number of rotatable bonds is 6. The van der Waals surface area contributed by atoms with Crippen molar-refractivity contribution in [3.8, 4) is 0 Å². The van der Waals surface area contributed by atoms with Gasteiger partial charge < -0.3 is 10.6 Å². The van der Waals surface area contributed by atoms with E-state index in [0.717, 1.165) is 22.4 Å². The van der Waals surface area contributed by atoms with Crippen LogP contribution in [0.3, 0.4) is 0 Å². The van der Waals surface area contributed by atoms with E-state index in [2.05, 4.69) is 10.6 Å². The molecule has 0 saturated heterocycles. The summed E-state index contributed by atoms with van der Waals surface area (Å²) in [5.41, 5.74) is 3.89. The summed E-state index contributed by atoms with van der Waals surface area (Å²) in [7, 11) is 0. The Balaban J connectivity index is 1.80. The van der Waals surface area contributed by atoms with E-state index in [1.54, 1.807) is 6.07 Å². The first kappa shape index (κ1) is 18.9. The van der Waals surface area contributed by atoms with E-state index < -0.39 is 6.04 Å². The van der Waals surface area contributed by atoms with Crippen LogP contribution in [0.2, 0.25) is 0 Å². The maximum Gasteiger partial charge on any atom is 0.262 e. The van der Waals surface area contributed by atoms with Crippen molar-refractivity contribution in [2.24, 2.45) is 0 Å². The van der Waals surface area contributed by atoms with Crippen molar-refractivity contribution in [2.45, 2.75) is 26.3 Å². The van der Waals surface area contributed by atoms with Crippen LogP contribution in [-0.4, -0.2) is 17.9 Å². The van der Waals surface area contributed by atoms with Crippen molar-refractivity contribution in [3.05, 3.63) is 87.6 Å². The van der Waals surface area contributed by atoms with Crippen LogP contribution in [0.15, 0.2) is 66.0 Å². The molecule has 2 amide bonds. The molecular formula is C22H22N2O2S. The van der Waals surface area contributed by atoms with E-state index in [9.17, 15) is 9.59 Å². The normalized spacial score (nSPS) is 11.6. The second kappa shape index (κ2) is 8.64. The molecule has 1 heterocycles. The van der Waals surface area contributed by atoms with E-state index in [1.165, 1.54) is 11.3 Å². The summed E-state index contributed by atoms with van der Waals surface area (Å²) in [5.74, 6) is -0.459. The molecule has 1 aromatic heterocycles. The number of aryl methyl sites for hydroxylation is 1. The molecule has 1 atom stereocenters. The van der Waals surface area contributed by atoms with Crippen LogP contribution in [0.4, 0.5) is 5.69 Å². The van der Waals surface area contributed by atoms with E-state index in [-0.39, 0.29) is 11.8 Å². The molecular weight excluding hydrogens is 356 g/mol. The largest absolute Gasteiger partial charge is 0.339 e. The molecule has 4 nitrogen and oxygen atoms in total. The summed E-state index contributed by atoms with van der Waals surface area (Å²) in [5, 5.41) is 7.70. The molecule has 0 bridgehead atoms. The molecule has 0 aliphatic heterocycles. The summed E-state index contributed by atoms with van der Waals surface area (Å²) in [4.78, 5) is 26.1. The molecule has 1 unspecified atom stereocenters.